The van der Waals surface area contributed by atoms with Crippen molar-refractivity contribution in [2.75, 3.05) is 0 Å². The molecule has 2 nitrogen and oxygen atoms in total. The Kier molecular flexibility index (Phi) is 4.77. The quantitative estimate of drug-likeness (QED) is 0.491. The summed E-state index contributed by atoms with van der Waals surface area (Å²) in [6.07, 6.45) is 4.90. The molecule has 0 aromatic rings. The normalized spacial score (nSPS) is 8.75. The van der Waals surface area contributed by atoms with Gasteiger partial charge in [-0.25, -0.2) is 0 Å². The van der Waals surface area contributed by atoms with Crippen molar-refractivity contribution in [3.63, 3.8) is 0 Å². The molecule has 0 saturated heterocycles. The van der Waals surface area contributed by atoms with E-state index in [0.717, 1.165) is 5.57 Å². The van der Waals surface area contributed by atoms with Crippen LogP contribution in [0.5, 0.6) is 0 Å². The first-order valence-corrected chi connectivity index (χ1v) is 3.83. The monoisotopic (exact) mass is 165 g/mol. The Labute approximate surface area is 73.5 Å². The zero-order valence-corrected chi connectivity index (χ0v) is 7.47. The number of carbonyl (C=O) groups is 1. The Balaban J connectivity index is 4.64. The maximum atomic E-state index is 10.8. The van der Waals surface area contributed by atoms with Crippen LogP contribution in [0.2, 0.25) is 0 Å². The lowest BCUT2D eigenvalue weighted by Crippen LogP contribution is -2.13. The SMILES string of the molecule is C=CCC(CC=C)=C(C)C(N)=O. The highest BCUT2D eigenvalue weighted by molar-refractivity contribution is 5.92. The molecule has 0 aliphatic heterocycles. The molecule has 12 heavy (non-hydrogen) atoms. The fourth-order valence-electron chi connectivity index (χ4n) is 0.912. The number of primary amides is 1. The highest BCUT2D eigenvalue weighted by Gasteiger charge is 2.03. The van der Waals surface area contributed by atoms with Crippen molar-refractivity contribution in [1.29, 1.82) is 0 Å². The first-order chi connectivity index (χ1) is 5.63. The molecular formula is C10H15NO. The van der Waals surface area contributed by atoms with Crippen molar-refractivity contribution in [1.82, 2.24) is 0 Å². The zero-order chi connectivity index (χ0) is 9.56. The van der Waals surface area contributed by atoms with E-state index >= 15 is 0 Å². The highest BCUT2D eigenvalue weighted by atomic mass is 16.1. The van der Waals surface area contributed by atoms with E-state index in [1.807, 2.05) is 0 Å². The number of hydrogen-bond donors (Lipinski definition) is 1. The minimum atomic E-state index is -0.367. The average molecular weight is 165 g/mol. The van der Waals surface area contributed by atoms with Gasteiger partial charge >= 0.3 is 0 Å². The van der Waals surface area contributed by atoms with Crippen LogP contribution in [0.1, 0.15) is 19.8 Å². The molecule has 0 saturated carbocycles. The van der Waals surface area contributed by atoms with Gasteiger partial charge in [0.25, 0.3) is 0 Å². The van der Waals surface area contributed by atoms with Gasteiger partial charge in [-0.1, -0.05) is 17.7 Å². The molecule has 0 unspecified atom stereocenters. The van der Waals surface area contributed by atoms with Crippen LogP contribution in [-0.4, -0.2) is 5.91 Å². The van der Waals surface area contributed by atoms with Crippen molar-refractivity contribution >= 4 is 5.91 Å². The van der Waals surface area contributed by atoms with Gasteiger partial charge in [-0.05, 0) is 19.8 Å². The number of nitrogens with two attached hydrogens (primary N) is 1. The summed E-state index contributed by atoms with van der Waals surface area (Å²) in [7, 11) is 0. The summed E-state index contributed by atoms with van der Waals surface area (Å²) >= 11 is 0. The summed E-state index contributed by atoms with van der Waals surface area (Å²) < 4.78 is 0. The molecule has 0 atom stereocenters. The molecule has 2 N–H and O–H groups in total. The fourth-order valence-corrected chi connectivity index (χ4v) is 0.912. The summed E-state index contributed by atoms with van der Waals surface area (Å²) in [5.41, 5.74) is 6.75. The number of hydrogen-bond acceptors (Lipinski definition) is 1. The predicted octanol–water partition coefficient (Wildman–Crippen LogP) is 1.94. The van der Waals surface area contributed by atoms with Gasteiger partial charge in [0, 0.05) is 5.57 Å². The second kappa shape index (κ2) is 5.35. The lowest BCUT2D eigenvalue weighted by atomic mass is 10.0. The van der Waals surface area contributed by atoms with Gasteiger partial charge in [-0.15, -0.1) is 13.2 Å². The molecule has 0 bridgehead atoms. The molecule has 0 radical (unpaired) electrons. The van der Waals surface area contributed by atoms with E-state index < -0.39 is 0 Å². The summed E-state index contributed by atoms with van der Waals surface area (Å²) in [5.74, 6) is -0.367. The summed E-state index contributed by atoms with van der Waals surface area (Å²) in [5, 5.41) is 0. The van der Waals surface area contributed by atoms with E-state index in [0.29, 0.717) is 18.4 Å². The minimum Gasteiger partial charge on any atom is -0.366 e. The number of allylic oxidation sites excluding steroid dienone is 3. The predicted molar refractivity (Wildman–Crippen MR) is 51.5 cm³/mol. The molecule has 1 amide bonds. The smallest absolute Gasteiger partial charge is 0.244 e. The van der Waals surface area contributed by atoms with Gasteiger partial charge in [-0.3, -0.25) is 4.79 Å². The molecule has 0 aliphatic rings. The van der Waals surface area contributed by atoms with Crippen LogP contribution in [-0.2, 0) is 4.79 Å². The molecule has 2 heteroatoms. The van der Waals surface area contributed by atoms with E-state index in [-0.39, 0.29) is 5.91 Å². The van der Waals surface area contributed by atoms with Crippen molar-refractivity contribution < 1.29 is 4.79 Å². The van der Waals surface area contributed by atoms with Gasteiger partial charge in [0.05, 0.1) is 0 Å². The summed E-state index contributed by atoms with van der Waals surface area (Å²) in [6, 6.07) is 0. The third-order valence-corrected chi connectivity index (χ3v) is 1.68. The number of rotatable bonds is 5. The Morgan fingerprint density at radius 1 is 1.33 bits per heavy atom. The van der Waals surface area contributed by atoms with Crippen LogP contribution >= 0.6 is 0 Å². The second-order valence-electron chi connectivity index (χ2n) is 2.58. The fraction of sp³-hybridized carbons (Fsp3) is 0.300. The maximum absolute atomic E-state index is 10.8. The first kappa shape index (κ1) is 10.7. The Morgan fingerprint density at radius 2 is 1.75 bits per heavy atom. The van der Waals surface area contributed by atoms with Crippen molar-refractivity contribution in [2.45, 2.75) is 19.8 Å². The Bertz CT molecular complexity index is 214. The van der Waals surface area contributed by atoms with Gasteiger partial charge in [-0.2, -0.15) is 0 Å². The zero-order valence-electron chi connectivity index (χ0n) is 7.47. The molecule has 0 aromatic heterocycles. The molecular weight excluding hydrogens is 150 g/mol. The van der Waals surface area contributed by atoms with Gasteiger partial charge in [0.2, 0.25) is 5.91 Å². The van der Waals surface area contributed by atoms with Crippen molar-refractivity contribution in [2.24, 2.45) is 5.73 Å². The van der Waals surface area contributed by atoms with Crippen molar-refractivity contribution in [3.8, 4) is 0 Å². The number of carbonyl (C=O) groups excluding carboxylic acids is 1. The minimum absolute atomic E-state index is 0.367. The summed E-state index contributed by atoms with van der Waals surface area (Å²) in [4.78, 5) is 10.8. The summed E-state index contributed by atoms with van der Waals surface area (Å²) in [6.45, 7) is 8.93. The van der Waals surface area contributed by atoms with E-state index in [1.54, 1.807) is 19.1 Å². The van der Waals surface area contributed by atoms with Crippen LogP contribution in [0.15, 0.2) is 36.5 Å². The van der Waals surface area contributed by atoms with E-state index in [2.05, 4.69) is 13.2 Å². The lowest BCUT2D eigenvalue weighted by molar-refractivity contribution is -0.114. The Hall–Kier alpha value is -1.31. The molecule has 0 aliphatic carbocycles. The Morgan fingerprint density at radius 3 is 2.00 bits per heavy atom. The molecule has 0 spiro atoms. The third-order valence-electron chi connectivity index (χ3n) is 1.68. The van der Waals surface area contributed by atoms with E-state index in [4.69, 9.17) is 5.73 Å². The van der Waals surface area contributed by atoms with Crippen LogP contribution in [0.25, 0.3) is 0 Å². The standard InChI is InChI=1S/C10H15NO/c1-4-6-9(7-5-2)8(3)10(11)12/h4-5H,1-2,6-7H2,3H3,(H2,11,12). The van der Waals surface area contributed by atoms with Crippen LogP contribution < -0.4 is 5.73 Å². The molecule has 66 valence electrons. The van der Waals surface area contributed by atoms with E-state index in [1.165, 1.54) is 0 Å². The maximum Gasteiger partial charge on any atom is 0.244 e. The molecule has 0 aromatic carbocycles. The van der Waals surface area contributed by atoms with Crippen molar-refractivity contribution in [3.05, 3.63) is 36.5 Å². The topological polar surface area (TPSA) is 43.1 Å². The van der Waals surface area contributed by atoms with Gasteiger partial charge in [0.15, 0.2) is 0 Å². The van der Waals surface area contributed by atoms with Crippen LogP contribution in [0.4, 0.5) is 0 Å². The number of amides is 1. The lowest BCUT2D eigenvalue weighted by Gasteiger charge is -2.04. The molecule has 0 fully saturated rings. The highest BCUT2D eigenvalue weighted by Crippen LogP contribution is 2.13. The molecule has 0 rings (SSSR count). The van der Waals surface area contributed by atoms with Crippen LogP contribution in [0.3, 0.4) is 0 Å². The first-order valence-electron chi connectivity index (χ1n) is 3.83. The molecule has 0 heterocycles. The van der Waals surface area contributed by atoms with E-state index in [9.17, 15) is 4.79 Å². The van der Waals surface area contributed by atoms with Gasteiger partial charge in [0.1, 0.15) is 0 Å². The third kappa shape index (κ3) is 3.19. The second-order valence-corrected chi connectivity index (χ2v) is 2.58. The largest absolute Gasteiger partial charge is 0.366 e. The van der Waals surface area contributed by atoms with Crippen LogP contribution in [0, 0.1) is 0 Å². The average Bonchev–Trinajstić information content (AvgIpc) is 2.03. The van der Waals surface area contributed by atoms with Gasteiger partial charge < -0.3 is 5.73 Å².